The van der Waals surface area contributed by atoms with Gasteiger partial charge in [-0.05, 0) is 19.1 Å². The van der Waals surface area contributed by atoms with Crippen LogP contribution in [0.1, 0.15) is 17.4 Å². The van der Waals surface area contributed by atoms with E-state index in [9.17, 15) is 4.79 Å². The van der Waals surface area contributed by atoms with Crippen molar-refractivity contribution in [3.63, 3.8) is 0 Å². The van der Waals surface area contributed by atoms with Crippen LogP contribution in [0.15, 0.2) is 24.4 Å². The summed E-state index contributed by atoms with van der Waals surface area (Å²) >= 11 is 5.89. The third kappa shape index (κ3) is 2.89. The Kier molecular flexibility index (Phi) is 3.97. The number of aromatic nitrogens is 2. The molecule has 1 aliphatic heterocycles. The van der Waals surface area contributed by atoms with E-state index in [1.807, 2.05) is 0 Å². The maximum absolute atomic E-state index is 11.7. The molecule has 0 amide bonds. The SMILES string of the molecule is CCOC(=O)c1nc(Oc2ccc3c(c2)OCO3)ncc1Cl. The lowest BCUT2D eigenvalue weighted by molar-refractivity contribution is 0.0518. The molecule has 1 aliphatic rings. The molecule has 0 radical (unpaired) electrons. The second kappa shape index (κ2) is 6.07. The molecule has 0 spiro atoms. The number of hydrogen-bond acceptors (Lipinski definition) is 7. The molecule has 0 bridgehead atoms. The standard InChI is InChI=1S/C14H11ClN2O5/c1-2-19-13(18)12-9(15)6-16-14(17-12)22-8-3-4-10-11(5-8)21-7-20-10/h3-6H,2,7H2,1H3. The van der Waals surface area contributed by atoms with Gasteiger partial charge in [-0.2, -0.15) is 4.98 Å². The summed E-state index contributed by atoms with van der Waals surface area (Å²) < 4.78 is 20.8. The van der Waals surface area contributed by atoms with Gasteiger partial charge in [0.25, 0.3) is 0 Å². The van der Waals surface area contributed by atoms with Crippen molar-refractivity contribution in [2.45, 2.75) is 6.92 Å². The van der Waals surface area contributed by atoms with Crippen LogP contribution in [-0.4, -0.2) is 29.3 Å². The Hall–Kier alpha value is -2.54. The molecule has 3 rings (SSSR count). The van der Waals surface area contributed by atoms with E-state index >= 15 is 0 Å². The Bertz CT molecular complexity index is 722. The van der Waals surface area contributed by atoms with Gasteiger partial charge < -0.3 is 18.9 Å². The second-order valence-electron chi connectivity index (χ2n) is 4.19. The summed E-state index contributed by atoms with van der Waals surface area (Å²) in [7, 11) is 0. The minimum atomic E-state index is -0.634. The van der Waals surface area contributed by atoms with Gasteiger partial charge in [0.1, 0.15) is 5.75 Å². The van der Waals surface area contributed by atoms with Gasteiger partial charge in [-0.25, -0.2) is 9.78 Å². The Balaban J connectivity index is 1.83. The van der Waals surface area contributed by atoms with Crippen LogP contribution in [0.3, 0.4) is 0 Å². The van der Waals surface area contributed by atoms with Crippen molar-refractivity contribution in [1.29, 1.82) is 0 Å². The molecule has 0 aliphatic carbocycles. The number of esters is 1. The number of hydrogen-bond donors (Lipinski definition) is 0. The quantitative estimate of drug-likeness (QED) is 0.801. The first-order valence-corrected chi connectivity index (χ1v) is 6.82. The third-order valence-corrected chi connectivity index (χ3v) is 3.02. The van der Waals surface area contributed by atoms with Crippen molar-refractivity contribution in [2.24, 2.45) is 0 Å². The molecule has 0 unspecified atom stereocenters. The summed E-state index contributed by atoms with van der Waals surface area (Å²) in [5, 5.41) is 0.0940. The molecule has 0 saturated heterocycles. The first-order chi connectivity index (χ1) is 10.7. The predicted molar refractivity (Wildman–Crippen MR) is 75.6 cm³/mol. The van der Waals surface area contributed by atoms with Gasteiger partial charge >= 0.3 is 12.0 Å². The summed E-state index contributed by atoms with van der Waals surface area (Å²) in [5.41, 5.74) is -0.0470. The molecule has 1 aromatic carbocycles. The molecule has 2 aromatic rings. The molecule has 0 fully saturated rings. The summed E-state index contributed by atoms with van der Waals surface area (Å²) in [6.07, 6.45) is 1.28. The predicted octanol–water partition coefficient (Wildman–Crippen LogP) is 2.83. The van der Waals surface area contributed by atoms with Crippen LogP contribution in [0.2, 0.25) is 5.02 Å². The Morgan fingerprint density at radius 3 is 3.00 bits per heavy atom. The number of halogens is 1. The van der Waals surface area contributed by atoms with E-state index < -0.39 is 5.97 Å². The van der Waals surface area contributed by atoms with Crippen molar-refractivity contribution >= 4 is 17.6 Å². The van der Waals surface area contributed by atoms with Crippen LogP contribution in [0.4, 0.5) is 0 Å². The monoisotopic (exact) mass is 322 g/mol. The lowest BCUT2D eigenvalue weighted by Gasteiger charge is -2.07. The van der Waals surface area contributed by atoms with Gasteiger partial charge in [0.2, 0.25) is 6.79 Å². The van der Waals surface area contributed by atoms with E-state index in [0.717, 1.165) is 0 Å². The van der Waals surface area contributed by atoms with Gasteiger partial charge in [0.05, 0.1) is 17.8 Å². The molecule has 8 heteroatoms. The van der Waals surface area contributed by atoms with Crippen molar-refractivity contribution in [2.75, 3.05) is 13.4 Å². The summed E-state index contributed by atoms with van der Waals surface area (Å²) in [6, 6.07) is 5.01. The van der Waals surface area contributed by atoms with Crippen LogP contribution >= 0.6 is 11.6 Å². The zero-order chi connectivity index (χ0) is 15.5. The van der Waals surface area contributed by atoms with Crippen molar-refractivity contribution < 1.29 is 23.7 Å². The molecule has 2 heterocycles. The van der Waals surface area contributed by atoms with Gasteiger partial charge in [0, 0.05) is 6.07 Å². The zero-order valence-corrected chi connectivity index (χ0v) is 12.3. The van der Waals surface area contributed by atoms with E-state index in [-0.39, 0.29) is 30.1 Å². The van der Waals surface area contributed by atoms with Crippen LogP contribution in [0.5, 0.6) is 23.3 Å². The number of nitrogens with zero attached hydrogens (tertiary/aromatic N) is 2. The Morgan fingerprint density at radius 2 is 2.18 bits per heavy atom. The molecular weight excluding hydrogens is 312 g/mol. The molecule has 0 atom stereocenters. The Morgan fingerprint density at radius 1 is 1.36 bits per heavy atom. The first kappa shape index (κ1) is 14.4. The van der Waals surface area contributed by atoms with Crippen molar-refractivity contribution in [1.82, 2.24) is 9.97 Å². The number of carbonyl (C=O) groups excluding carboxylic acids is 1. The van der Waals surface area contributed by atoms with Gasteiger partial charge in [0.15, 0.2) is 17.2 Å². The molecule has 22 heavy (non-hydrogen) atoms. The fraction of sp³-hybridized carbons (Fsp3) is 0.214. The molecular formula is C14H11ClN2O5. The number of fused-ring (bicyclic) bond motifs is 1. The van der Waals surface area contributed by atoms with Gasteiger partial charge in [-0.3, -0.25) is 0 Å². The molecule has 0 saturated carbocycles. The number of carbonyl (C=O) groups is 1. The third-order valence-electron chi connectivity index (χ3n) is 2.74. The molecule has 0 N–H and O–H groups in total. The van der Waals surface area contributed by atoms with Gasteiger partial charge in [-0.15, -0.1) is 0 Å². The normalized spacial score (nSPS) is 12.1. The lowest BCUT2D eigenvalue weighted by Crippen LogP contribution is -2.09. The highest BCUT2D eigenvalue weighted by molar-refractivity contribution is 6.33. The van der Waals surface area contributed by atoms with E-state index in [0.29, 0.717) is 17.2 Å². The fourth-order valence-corrected chi connectivity index (χ4v) is 1.96. The van der Waals surface area contributed by atoms with E-state index in [1.54, 1.807) is 25.1 Å². The molecule has 114 valence electrons. The van der Waals surface area contributed by atoms with E-state index in [1.165, 1.54) is 6.20 Å². The average Bonchev–Trinajstić information content (AvgIpc) is 2.97. The summed E-state index contributed by atoms with van der Waals surface area (Å²) in [5.74, 6) is 1.01. The van der Waals surface area contributed by atoms with Crippen LogP contribution in [0.25, 0.3) is 0 Å². The fourth-order valence-electron chi connectivity index (χ4n) is 1.79. The highest BCUT2D eigenvalue weighted by atomic mass is 35.5. The largest absolute Gasteiger partial charge is 0.461 e. The van der Waals surface area contributed by atoms with Gasteiger partial charge in [-0.1, -0.05) is 11.6 Å². The number of ether oxygens (including phenoxy) is 4. The number of rotatable bonds is 4. The topological polar surface area (TPSA) is 79.8 Å². The van der Waals surface area contributed by atoms with Crippen LogP contribution in [-0.2, 0) is 4.74 Å². The average molecular weight is 323 g/mol. The molecule has 7 nitrogen and oxygen atoms in total. The summed E-state index contributed by atoms with van der Waals surface area (Å²) in [6.45, 7) is 2.08. The van der Waals surface area contributed by atoms with Crippen molar-refractivity contribution in [3.8, 4) is 23.3 Å². The molecule has 1 aromatic heterocycles. The maximum atomic E-state index is 11.7. The lowest BCUT2D eigenvalue weighted by atomic mass is 10.3. The van der Waals surface area contributed by atoms with Crippen LogP contribution in [0, 0.1) is 0 Å². The smallest absolute Gasteiger partial charge is 0.358 e. The van der Waals surface area contributed by atoms with Crippen molar-refractivity contribution in [3.05, 3.63) is 35.1 Å². The second-order valence-corrected chi connectivity index (χ2v) is 4.59. The zero-order valence-electron chi connectivity index (χ0n) is 11.5. The highest BCUT2D eigenvalue weighted by Gasteiger charge is 2.18. The summed E-state index contributed by atoms with van der Waals surface area (Å²) in [4.78, 5) is 19.6. The minimum Gasteiger partial charge on any atom is -0.461 e. The number of benzene rings is 1. The van der Waals surface area contributed by atoms with Crippen LogP contribution < -0.4 is 14.2 Å². The maximum Gasteiger partial charge on any atom is 0.358 e. The van der Waals surface area contributed by atoms with E-state index in [2.05, 4.69) is 9.97 Å². The Labute approximate surface area is 130 Å². The highest BCUT2D eigenvalue weighted by Crippen LogP contribution is 2.36. The minimum absolute atomic E-state index is 0.0219. The first-order valence-electron chi connectivity index (χ1n) is 6.44. The van der Waals surface area contributed by atoms with E-state index in [4.69, 9.17) is 30.5 Å².